The van der Waals surface area contributed by atoms with E-state index in [0.717, 1.165) is 6.92 Å². The Hall–Kier alpha value is 0.0400. The Balaban J connectivity index is 0.00000256. The molecule has 9 heteroatoms. The Morgan fingerprint density at radius 1 is 1.12 bits per heavy atom. The molecule has 0 heterocycles. The van der Waals surface area contributed by atoms with Gasteiger partial charge in [-0.3, -0.25) is 0 Å². The number of hydrogen-bond donors (Lipinski definition) is 0. The molecule has 0 bridgehead atoms. The monoisotopic (exact) mass is 288 g/mol. The molecule has 1 aromatic carbocycles. The zero-order valence-electron chi connectivity index (χ0n) is 9.23. The van der Waals surface area contributed by atoms with Gasteiger partial charge in [-0.15, -0.1) is 0 Å². The maximum Gasteiger partial charge on any atom is 1.00 e. The minimum Gasteiger partial charge on any atom is -0.746 e. The topological polar surface area (TPSA) is 101 Å². The molecule has 1 atom stereocenters. The molecule has 0 aliphatic carbocycles. The molecule has 1 rings (SSSR count). The normalized spacial score (nSPS) is 13.8. The minimum absolute atomic E-state index is 0. The second-order valence-corrected chi connectivity index (χ2v) is 6.15. The van der Waals surface area contributed by atoms with E-state index in [9.17, 15) is 21.4 Å². The van der Waals surface area contributed by atoms with Crippen molar-refractivity contribution in [3.8, 4) is 0 Å². The van der Waals surface area contributed by atoms with E-state index in [-0.39, 0.29) is 34.5 Å². The van der Waals surface area contributed by atoms with Crippen LogP contribution < -0.4 is 29.6 Å². The molecule has 6 nitrogen and oxygen atoms in total. The summed E-state index contributed by atoms with van der Waals surface area (Å²) in [6.45, 7) is 0.864. The first-order valence-electron chi connectivity index (χ1n) is 4.16. The van der Waals surface area contributed by atoms with E-state index in [0.29, 0.717) is 0 Å². The van der Waals surface area contributed by atoms with Crippen LogP contribution in [0.3, 0.4) is 0 Å². The molecule has 0 fully saturated rings. The first kappa shape index (κ1) is 17.0. The zero-order valence-corrected chi connectivity index (χ0v) is 12.9. The number of hydrogen-bond acceptors (Lipinski definition) is 6. The maximum absolute atomic E-state index is 11.5. The SMILES string of the molecule is C[C@H](OS(=O)(=O)c1ccccc1)S(=O)(=O)[O-].[Na+]. The van der Waals surface area contributed by atoms with E-state index in [1.54, 1.807) is 6.07 Å². The summed E-state index contributed by atoms with van der Waals surface area (Å²) < 4.78 is 58.7. The molecule has 0 spiro atoms. The van der Waals surface area contributed by atoms with Gasteiger partial charge in [-0.2, -0.15) is 8.42 Å². The van der Waals surface area contributed by atoms with Crippen LogP contribution in [-0.4, -0.2) is 26.8 Å². The van der Waals surface area contributed by atoms with Gasteiger partial charge in [0.1, 0.15) is 10.1 Å². The Morgan fingerprint density at radius 3 is 2.00 bits per heavy atom. The summed E-state index contributed by atoms with van der Waals surface area (Å²) in [5.41, 5.74) is -1.95. The predicted molar refractivity (Wildman–Crippen MR) is 53.9 cm³/mol. The van der Waals surface area contributed by atoms with Crippen molar-refractivity contribution in [3.63, 3.8) is 0 Å². The summed E-state index contributed by atoms with van der Waals surface area (Å²) in [6, 6.07) is 6.96. The molecule has 0 amide bonds. The Kier molecular flexibility index (Phi) is 6.29. The third kappa shape index (κ3) is 5.04. The third-order valence-corrected chi connectivity index (χ3v) is 4.12. The summed E-state index contributed by atoms with van der Waals surface area (Å²) >= 11 is 0. The second kappa shape index (κ2) is 6.28. The summed E-state index contributed by atoms with van der Waals surface area (Å²) in [6.07, 6.45) is 0. The van der Waals surface area contributed by atoms with Crippen LogP contribution in [0.1, 0.15) is 6.92 Å². The molecule has 0 aliphatic rings. The minimum atomic E-state index is -4.80. The van der Waals surface area contributed by atoms with Gasteiger partial charge in [0.25, 0.3) is 10.1 Å². The predicted octanol–water partition coefficient (Wildman–Crippen LogP) is -2.71. The van der Waals surface area contributed by atoms with E-state index >= 15 is 0 Å². The van der Waals surface area contributed by atoms with Gasteiger partial charge in [0.05, 0.1) is 4.90 Å². The van der Waals surface area contributed by atoms with E-state index < -0.39 is 25.7 Å². The van der Waals surface area contributed by atoms with Crippen LogP contribution in [0.5, 0.6) is 0 Å². The van der Waals surface area contributed by atoms with Crippen molar-refractivity contribution in [3.05, 3.63) is 30.3 Å². The van der Waals surface area contributed by atoms with Gasteiger partial charge < -0.3 is 4.55 Å². The van der Waals surface area contributed by atoms with E-state index in [2.05, 4.69) is 4.18 Å². The van der Waals surface area contributed by atoms with Crippen molar-refractivity contribution in [1.82, 2.24) is 0 Å². The van der Waals surface area contributed by atoms with Crippen LogP contribution in [0.25, 0.3) is 0 Å². The fraction of sp³-hybridized carbons (Fsp3) is 0.250. The van der Waals surface area contributed by atoms with Crippen LogP contribution in [0.15, 0.2) is 35.2 Å². The van der Waals surface area contributed by atoms with Gasteiger partial charge in [-0.05, 0) is 19.1 Å². The molecule has 0 saturated heterocycles. The summed E-state index contributed by atoms with van der Waals surface area (Å²) in [7, 11) is -9.02. The van der Waals surface area contributed by atoms with Crippen LogP contribution in [0.2, 0.25) is 0 Å². The summed E-state index contributed by atoms with van der Waals surface area (Å²) in [5, 5.41) is 0. The quantitative estimate of drug-likeness (QED) is 0.339. The van der Waals surface area contributed by atoms with Crippen molar-refractivity contribution in [1.29, 1.82) is 0 Å². The molecule has 0 aromatic heterocycles. The molecule has 0 unspecified atom stereocenters. The molecule has 1 aromatic rings. The number of rotatable bonds is 4. The zero-order chi connectivity index (χ0) is 12.4. The van der Waals surface area contributed by atoms with E-state index in [1.807, 2.05) is 0 Å². The van der Waals surface area contributed by atoms with Gasteiger partial charge in [0, 0.05) is 0 Å². The average Bonchev–Trinajstić information content (AvgIpc) is 2.17. The Bertz CT molecular complexity index is 551. The van der Waals surface area contributed by atoms with Gasteiger partial charge in [-0.1, -0.05) is 18.2 Å². The smallest absolute Gasteiger partial charge is 0.746 e. The average molecular weight is 288 g/mol. The van der Waals surface area contributed by atoms with Crippen molar-refractivity contribution in [2.45, 2.75) is 17.3 Å². The second-order valence-electron chi connectivity index (χ2n) is 2.92. The van der Waals surface area contributed by atoms with E-state index in [4.69, 9.17) is 0 Å². The van der Waals surface area contributed by atoms with Crippen LogP contribution in [0, 0.1) is 0 Å². The molecular weight excluding hydrogens is 279 g/mol. The first-order chi connectivity index (χ1) is 7.23. The molecular formula is C8H9NaO6S2. The number of benzene rings is 1. The fourth-order valence-electron chi connectivity index (χ4n) is 0.869. The van der Waals surface area contributed by atoms with Crippen molar-refractivity contribution < 1.29 is 55.1 Å². The Labute approximate surface area is 122 Å². The van der Waals surface area contributed by atoms with Crippen molar-refractivity contribution in [2.24, 2.45) is 0 Å². The molecule has 90 valence electrons. The van der Waals surface area contributed by atoms with E-state index in [1.165, 1.54) is 24.3 Å². The van der Waals surface area contributed by atoms with Crippen molar-refractivity contribution >= 4 is 20.2 Å². The molecule has 0 N–H and O–H groups in total. The van der Waals surface area contributed by atoms with Crippen LogP contribution in [0.4, 0.5) is 0 Å². The standard InChI is InChI=1S/C8H10O6S2.Na/c1-7(15(9,10)11)14-16(12,13)8-5-3-2-4-6-8;/h2-7H,1H3,(H,9,10,11);/q;+1/p-1/t7-;/m1./s1. The largest absolute Gasteiger partial charge is 1.00 e. The summed E-state index contributed by atoms with van der Waals surface area (Å²) in [4.78, 5) is -0.203. The van der Waals surface area contributed by atoms with Gasteiger partial charge in [0.2, 0.25) is 0 Å². The maximum atomic E-state index is 11.5. The Morgan fingerprint density at radius 2 is 1.59 bits per heavy atom. The van der Waals surface area contributed by atoms with Gasteiger partial charge >= 0.3 is 29.6 Å². The fourth-order valence-corrected chi connectivity index (χ4v) is 2.52. The van der Waals surface area contributed by atoms with Crippen molar-refractivity contribution in [2.75, 3.05) is 0 Å². The van der Waals surface area contributed by atoms with Gasteiger partial charge in [-0.25, -0.2) is 12.6 Å². The molecule has 0 saturated carbocycles. The van der Waals surface area contributed by atoms with Crippen LogP contribution >= 0.6 is 0 Å². The summed E-state index contributed by atoms with van der Waals surface area (Å²) in [5.74, 6) is 0. The molecule has 0 aliphatic heterocycles. The molecule has 17 heavy (non-hydrogen) atoms. The van der Waals surface area contributed by atoms with Gasteiger partial charge in [0.15, 0.2) is 5.44 Å². The molecule has 0 radical (unpaired) electrons. The third-order valence-electron chi connectivity index (χ3n) is 1.70. The first-order valence-corrected chi connectivity index (χ1v) is 7.04. The van der Waals surface area contributed by atoms with Crippen LogP contribution in [-0.2, 0) is 24.4 Å².